The number of carbonyl (C=O) groups is 1. The summed E-state index contributed by atoms with van der Waals surface area (Å²) in [5, 5.41) is 0.665. The molecule has 0 saturated carbocycles. The van der Waals surface area contributed by atoms with E-state index in [9.17, 15) is 9.18 Å². The van der Waals surface area contributed by atoms with Crippen LogP contribution in [-0.2, 0) is 12.8 Å². The fourth-order valence-corrected chi connectivity index (χ4v) is 4.21. The van der Waals surface area contributed by atoms with E-state index in [1.54, 1.807) is 28.4 Å². The van der Waals surface area contributed by atoms with Gasteiger partial charge in [0.15, 0.2) is 5.13 Å². The summed E-state index contributed by atoms with van der Waals surface area (Å²) in [6.45, 7) is 4.06. The first-order valence-corrected chi connectivity index (χ1v) is 9.07. The minimum atomic E-state index is -0.437. The summed E-state index contributed by atoms with van der Waals surface area (Å²) in [5.74, 6) is -0.712. The number of nitrogens with zero attached hydrogens (tertiary/aromatic N) is 2. The molecule has 0 atom stereocenters. The van der Waals surface area contributed by atoms with Crippen LogP contribution in [0.25, 0.3) is 0 Å². The minimum absolute atomic E-state index is 0.276. The van der Waals surface area contributed by atoms with Crippen molar-refractivity contribution < 1.29 is 9.18 Å². The van der Waals surface area contributed by atoms with Crippen LogP contribution in [0.4, 0.5) is 9.52 Å². The number of rotatable bonds is 4. The van der Waals surface area contributed by atoms with Gasteiger partial charge in [-0.1, -0.05) is 6.08 Å². The van der Waals surface area contributed by atoms with Gasteiger partial charge in [0.2, 0.25) is 0 Å². The average molecular weight is 395 g/mol. The van der Waals surface area contributed by atoms with Crippen molar-refractivity contribution in [1.82, 2.24) is 4.98 Å². The third-order valence-corrected chi connectivity index (χ3v) is 5.65. The Morgan fingerprint density at radius 2 is 2.22 bits per heavy atom. The van der Waals surface area contributed by atoms with Gasteiger partial charge in [-0.05, 0) is 59.8 Å². The lowest BCUT2D eigenvalue weighted by molar-refractivity contribution is 0.0988. The van der Waals surface area contributed by atoms with Crippen molar-refractivity contribution in [2.75, 3.05) is 11.4 Å². The van der Waals surface area contributed by atoms with Gasteiger partial charge >= 0.3 is 0 Å². The van der Waals surface area contributed by atoms with E-state index in [1.807, 2.05) is 0 Å². The van der Waals surface area contributed by atoms with Crippen molar-refractivity contribution in [3.63, 3.8) is 0 Å². The van der Waals surface area contributed by atoms with Gasteiger partial charge in [0.05, 0.1) is 11.3 Å². The maximum atomic E-state index is 13.5. The fraction of sp³-hybridized carbons (Fsp3) is 0.294. The molecule has 1 aliphatic rings. The molecule has 120 valence electrons. The second kappa shape index (κ2) is 6.93. The van der Waals surface area contributed by atoms with E-state index in [1.165, 1.54) is 23.4 Å². The van der Waals surface area contributed by atoms with Crippen LogP contribution >= 0.6 is 27.3 Å². The first kappa shape index (κ1) is 16.3. The highest BCUT2D eigenvalue weighted by atomic mass is 79.9. The SMILES string of the molecule is C=CCN(C(=O)c1cc(F)ccc1Br)c1nc2c(s1)CCCC2. The van der Waals surface area contributed by atoms with Gasteiger partial charge in [0.1, 0.15) is 5.82 Å². The third kappa shape index (κ3) is 3.38. The number of thiazole rings is 1. The van der Waals surface area contributed by atoms with Gasteiger partial charge in [-0.3, -0.25) is 9.69 Å². The zero-order valence-corrected chi connectivity index (χ0v) is 14.9. The standard InChI is InChI=1S/C17H16BrFN2OS/c1-2-9-21(16(22)12-10-11(19)7-8-13(12)18)17-20-14-5-3-4-6-15(14)23-17/h2,7-8,10H,1,3-6,9H2. The minimum Gasteiger partial charge on any atom is -0.280 e. The van der Waals surface area contributed by atoms with Crippen LogP contribution in [-0.4, -0.2) is 17.4 Å². The molecule has 0 unspecified atom stereocenters. The quantitative estimate of drug-likeness (QED) is 0.700. The molecule has 6 heteroatoms. The monoisotopic (exact) mass is 394 g/mol. The number of hydrogen-bond donors (Lipinski definition) is 0. The lowest BCUT2D eigenvalue weighted by Crippen LogP contribution is -2.31. The molecular formula is C17H16BrFN2OS. The number of aryl methyl sites for hydroxylation is 2. The van der Waals surface area contributed by atoms with E-state index in [4.69, 9.17) is 0 Å². The average Bonchev–Trinajstić information content (AvgIpc) is 2.98. The van der Waals surface area contributed by atoms with E-state index in [2.05, 4.69) is 27.5 Å². The molecule has 1 amide bonds. The molecule has 0 saturated heterocycles. The normalized spacial score (nSPS) is 13.5. The van der Waals surface area contributed by atoms with Crippen LogP contribution < -0.4 is 4.90 Å². The summed E-state index contributed by atoms with van der Waals surface area (Å²) in [4.78, 5) is 20.3. The highest BCUT2D eigenvalue weighted by Gasteiger charge is 2.24. The number of fused-ring (bicyclic) bond motifs is 1. The molecule has 0 bridgehead atoms. The second-order valence-corrected chi connectivity index (χ2v) is 7.32. The molecule has 1 aromatic heterocycles. The van der Waals surface area contributed by atoms with Gasteiger partial charge in [-0.25, -0.2) is 9.37 Å². The molecule has 23 heavy (non-hydrogen) atoms. The summed E-state index contributed by atoms with van der Waals surface area (Å²) < 4.78 is 14.1. The lowest BCUT2D eigenvalue weighted by Gasteiger charge is -2.18. The van der Waals surface area contributed by atoms with Gasteiger partial charge in [-0.15, -0.1) is 17.9 Å². The molecule has 0 aliphatic heterocycles. The number of aromatic nitrogens is 1. The van der Waals surface area contributed by atoms with Crippen LogP contribution in [0.3, 0.4) is 0 Å². The van der Waals surface area contributed by atoms with Crippen molar-refractivity contribution in [1.29, 1.82) is 0 Å². The lowest BCUT2D eigenvalue weighted by atomic mass is 10.0. The molecule has 0 fully saturated rings. The third-order valence-electron chi connectivity index (χ3n) is 3.78. The van der Waals surface area contributed by atoms with Crippen LogP contribution in [0, 0.1) is 5.82 Å². The van der Waals surface area contributed by atoms with Crippen LogP contribution in [0.1, 0.15) is 33.8 Å². The molecule has 1 aromatic carbocycles. The van der Waals surface area contributed by atoms with E-state index < -0.39 is 5.82 Å². The molecule has 3 nitrogen and oxygen atoms in total. The topological polar surface area (TPSA) is 33.2 Å². The van der Waals surface area contributed by atoms with E-state index in [0.29, 0.717) is 21.7 Å². The Balaban J connectivity index is 1.97. The summed E-state index contributed by atoms with van der Waals surface area (Å²) in [7, 11) is 0. The Bertz CT molecular complexity index is 736. The summed E-state index contributed by atoms with van der Waals surface area (Å²) >= 11 is 4.88. The van der Waals surface area contributed by atoms with Gasteiger partial charge in [0, 0.05) is 15.9 Å². The summed E-state index contributed by atoms with van der Waals surface area (Å²) in [5.41, 5.74) is 1.39. The number of anilines is 1. The Morgan fingerprint density at radius 1 is 1.43 bits per heavy atom. The van der Waals surface area contributed by atoms with Crippen LogP contribution in [0.5, 0.6) is 0 Å². The van der Waals surface area contributed by atoms with Crippen molar-refractivity contribution in [2.45, 2.75) is 25.7 Å². The van der Waals surface area contributed by atoms with Gasteiger partial charge in [-0.2, -0.15) is 0 Å². The molecule has 1 heterocycles. The molecule has 0 N–H and O–H groups in total. The fourth-order valence-electron chi connectivity index (χ4n) is 2.64. The van der Waals surface area contributed by atoms with Crippen LogP contribution in [0.2, 0.25) is 0 Å². The number of benzene rings is 1. The van der Waals surface area contributed by atoms with Gasteiger partial charge in [0.25, 0.3) is 5.91 Å². The molecule has 2 aromatic rings. The van der Waals surface area contributed by atoms with E-state index >= 15 is 0 Å². The second-order valence-electron chi connectivity index (χ2n) is 5.40. The molecule has 3 rings (SSSR count). The summed E-state index contributed by atoms with van der Waals surface area (Å²) in [6, 6.07) is 4.11. The smallest absolute Gasteiger partial charge is 0.261 e. The zero-order chi connectivity index (χ0) is 16.4. The number of amides is 1. The molecule has 0 spiro atoms. The predicted molar refractivity (Wildman–Crippen MR) is 94.7 cm³/mol. The highest BCUT2D eigenvalue weighted by Crippen LogP contribution is 2.33. The van der Waals surface area contributed by atoms with Crippen molar-refractivity contribution in [2.24, 2.45) is 0 Å². The van der Waals surface area contributed by atoms with Crippen molar-refractivity contribution >= 4 is 38.3 Å². The van der Waals surface area contributed by atoms with E-state index in [0.717, 1.165) is 25.0 Å². The number of halogens is 2. The number of hydrogen-bond acceptors (Lipinski definition) is 3. The van der Waals surface area contributed by atoms with Gasteiger partial charge < -0.3 is 0 Å². The predicted octanol–water partition coefficient (Wildman–Crippen LogP) is 4.76. The molecular weight excluding hydrogens is 379 g/mol. The highest BCUT2D eigenvalue weighted by molar-refractivity contribution is 9.10. The first-order chi connectivity index (χ1) is 11.1. The number of carbonyl (C=O) groups excluding carboxylic acids is 1. The zero-order valence-electron chi connectivity index (χ0n) is 12.5. The molecule has 0 radical (unpaired) electrons. The Kier molecular flexibility index (Phi) is 4.92. The van der Waals surface area contributed by atoms with Crippen LogP contribution in [0.15, 0.2) is 35.3 Å². The maximum absolute atomic E-state index is 13.5. The largest absolute Gasteiger partial charge is 0.280 e. The molecule has 1 aliphatic carbocycles. The van der Waals surface area contributed by atoms with E-state index in [-0.39, 0.29) is 5.91 Å². The van der Waals surface area contributed by atoms with Crippen molar-refractivity contribution in [3.05, 3.63) is 57.3 Å². The Morgan fingerprint density at radius 3 is 2.96 bits per heavy atom. The Hall–Kier alpha value is -1.53. The summed E-state index contributed by atoms with van der Waals surface area (Å²) in [6.07, 6.45) is 5.95. The Labute approximate surface area is 147 Å². The maximum Gasteiger partial charge on any atom is 0.261 e. The first-order valence-electron chi connectivity index (χ1n) is 7.46. The van der Waals surface area contributed by atoms with Crippen molar-refractivity contribution in [3.8, 4) is 0 Å².